The van der Waals surface area contributed by atoms with Crippen molar-refractivity contribution in [3.05, 3.63) is 35.9 Å². The normalized spacial score (nSPS) is 34.2. The van der Waals surface area contributed by atoms with E-state index in [2.05, 4.69) is 47.5 Å². The molecule has 0 aromatic heterocycles. The predicted octanol–water partition coefficient (Wildman–Crippen LogP) is 2.54. The maximum Gasteiger partial charge on any atom is 0.0693 e. The largest absolute Gasteiger partial charge is 0.392 e. The molecule has 1 saturated heterocycles. The molecule has 1 saturated carbocycles. The Morgan fingerprint density at radius 2 is 1.95 bits per heavy atom. The molecule has 2 fully saturated rings. The van der Waals surface area contributed by atoms with Gasteiger partial charge in [0.25, 0.3) is 0 Å². The molecular weight excluding hydrogens is 260 g/mol. The van der Waals surface area contributed by atoms with Crippen molar-refractivity contribution in [2.45, 2.75) is 69.8 Å². The third kappa shape index (κ3) is 3.85. The van der Waals surface area contributed by atoms with E-state index in [1.165, 1.54) is 24.8 Å². The predicted molar refractivity (Wildman–Crippen MR) is 86.1 cm³/mol. The van der Waals surface area contributed by atoms with E-state index in [0.29, 0.717) is 18.1 Å². The third-order valence-corrected chi connectivity index (χ3v) is 5.11. The first-order chi connectivity index (χ1) is 10.2. The second-order valence-electron chi connectivity index (χ2n) is 6.82. The van der Waals surface area contributed by atoms with Gasteiger partial charge in [0.2, 0.25) is 0 Å². The second kappa shape index (κ2) is 6.91. The second-order valence-corrected chi connectivity index (χ2v) is 6.82. The highest BCUT2D eigenvalue weighted by Crippen LogP contribution is 2.24. The molecule has 4 atom stereocenters. The summed E-state index contributed by atoms with van der Waals surface area (Å²) < 4.78 is 0. The number of nitrogens with zero attached hydrogens (tertiary/aromatic N) is 1. The molecule has 4 unspecified atom stereocenters. The van der Waals surface area contributed by atoms with E-state index in [0.717, 1.165) is 25.9 Å². The van der Waals surface area contributed by atoms with E-state index in [9.17, 15) is 5.11 Å². The van der Waals surface area contributed by atoms with Crippen LogP contribution in [0.1, 0.15) is 44.6 Å². The quantitative estimate of drug-likeness (QED) is 0.894. The zero-order valence-corrected chi connectivity index (χ0v) is 13.0. The first-order valence-corrected chi connectivity index (χ1v) is 8.44. The monoisotopic (exact) mass is 288 g/mol. The summed E-state index contributed by atoms with van der Waals surface area (Å²) >= 11 is 0. The number of benzene rings is 1. The van der Waals surface area contributed by atoms with Crippen LogP contribution in [0.25, 0.3) is 0 Å². The highest BCUT2D eigenvalue weighted by atomic mass is 16.3. The highest BCUT2D eigenvalue weighted by molar-refractivity contribution is 5.15. The lowest BCUT2D eigenvalue weighted by Gasteiger charge is -2.31. The van der Waals surface area contributed by atoms with Gasteiger partial charge in [-0.15, -0.1) is 0 Å². The Bertz CT molecular complexity index is 436. The van der Waals surface area contributed by atoms with Crippen LogP contribution in [-0.4, -0.2) is 40.8 Å². The van der Waals surface area contributed by atoms with Crippen molar-refractivity contribution in [3.8, 4) is 0 Å². The fourth-order valence-electron chi connectivity index (χ4n) is 3.87. The number of rotatable bonds is 4. The SMILES string of the molecule is CC1CC(NC2CCCCC2O)CN1Cc1ccccc1. The van der Waals surface area contributed by atoms with Gasteiger partial charge < -0.3 is 10.4 Å². The summed E-state index contributed by atoms with van der Waals surface area (Å²) in [5, 5.41) is 13.8. The van der Waals surface area contributed by atoms with Gasteiger partial charge >= 0.3 is 0 Å². The van der Waals surface area contributed by atoms with Crippen molar-refractivity contribution < 1.29 is 5.11 Å². The smallest absolute Gasteiger partial charge is 0.0693 e. The number of likely N-dealkylation sites (tertiary alicyclic amines) is 1. The average molecular weight is 288 g/mol. The lowest BCUT2D eigenvalue weighted by molar-refractivity contribution is 0.0851. The number of hydrogen-bond donors (Lipinski definition) is 2. The van der Waals surface area contributed by atoms with Crippen LogP contribution in [0.3, 0.4) is 0 Å². The molecule has 3 nitrogen and oxygen atoms in total. The summed E-state index contributed by atoms with van der Waals surface area (Å²) in [5.41, 5.74) is 1.39. The fraction of sp³-hybridized carbons (Fsp3) is 0.667. The highest BCUT2D eigenvalue weighted by Gasteiger charge is 2.32. The van der Waals surface area contributed by atoms with Crippen LogP contribution in [0.2, 0.25) is 0 Å². The summed E-state index contributed by atoms with van der Waals surface area (Å²) in [7, 11) is 0. The van der Waals surface area contributed by atoms with E-state index < -0.39 is 0 Å². The molecule has 2 aliphatic rings. The minimum absolute atomic E-state index is 0.141. The van der Waals surface area contributed by atoms with Crippen LogP contribution in [0.5, 0.6) is 0 Å². The summed E-state index contributed by atoms with van der Waals surface area (Å²) in [6, 6.07) is 12.2. The van der Waals surface area contributed by atoms with Crippen LogP contribution >= 0.6 is 0 Å². The van der Waals surface area contributed by atoms with Gasteiger partial charge in [-0.1, -0.05) is 43.2 Å². The molecule has 1 heterocycles. The van der Waals surface area contributed by atoms with Gasteiger partial charge in [-0.25, -0.2) is 0 Å². The maximum atomic E-state index is 10.1. The van der Waals surface area contributed by atoms with Crippen molar-refractivity contribution in [2.75, 3.05) is 6.54 Å². The van der Waals surface area contributed by atoms with Crippen LogP contribution in [0, 0.1) is 0 Å². The van der Waals surface area contributed by atoms with Crippen LogP contribution in [0.15, 0.2) is 30.3 Å². The minimum Gasteiger partial charge on any atom is -0.392 e. The number of aliphatic hydroxyl groups is 1. The summed E-state index contributed by atoms with van der Waals surface area (Å²) in [5.74, 6) is 0. The van der Waals surface area contributed by atoms with Gasteiger partial charge in [0, 0.05) is 31.2 Å². The molecule has 21 heavy (non-hydrogen) atoms. The molecule has 1 aromatic carbocycles. The molecule has 3 rings (SSSR count). The van der Waals surface area contributed by atoms with E-state index in [1.54, 1.807) is 0 Å². The van der Waals surface area contributed by atoms with E-state index in [1.807, 2.05) is 0 Å². The lowest BCUT2D eigenvalue weighted by atomic mass is 9.92. The molecule has 3 heteroatoms. The standard InChI is InChI=1S/C18H28N2O/c1-14-11-16(19-17-9-5-6-10-18(17)21)13-20(14)12-15-7-3-2-4-8-15/h2-4,7-8,14,16-19,21H,5-6,9-13H2,1H3. The molecule has 2 N–H and O–H groups in total. The summed E-state index contributed by atoms with van der Waals surface area (Å²) in [6.45, 7) is 4.45. The average Bonchev–Trinajstić information content (AvgIpc) is 2.82. The number of aliphatic hydroxyl groups excluding tert-OH is 1. The Morgan fingerprint density at radius 3 is 2.71 bits per heavy atom. The van der Waals surface area contributed by atoms with Gasteiger partial charge in [-0.05, 0) is 31.7 Å². The maximum absolute atomic E-state index is 10.1. The lowest BCUT2D eigenvalue weighted by Crippen LogP contribution is -2.47. The summed E-state index contributed by atoms with van der Waals surface area (Å²) in [6.07, 6.45) is 5.58. The van der Waals surface area contributed by atoms with Gasteiger partial charge in [0.05, 0.1) is 6.10 Å². The van der Waals surface area contributed by atoms with Crippen molar-refractivity contribution >= 4 is 0 Å². The molecule has 116 valence electrons. The number of nitrogens with one attached hydrogen (secondary N) is 1. The van der Waals surface area contributed by atoms with Crippen molar-refractivity contribution in [1.82, 2.24) is 10.2 Å². The first-order valence-electron chi connectivity index (χ1n) is 8.44. The van der Waals surface area contributed by atoms with Gasteiger partial charge in [-0.2, -0.15) is 0 Å². The van der Waals surface area contributed by atoms with E-state index >= 15 is 0 Å². The topological polar surface area (TPSA) is 35.5 Å². The molecule has 1 aromatic rings. The van der Waals surface area contributed by atoms with Crippen LogP contribution < -0.4 is 5.32 Å². The van der Waals surface area contributed by atoms with Gasteiger partial charge in [0.1, 0.15) is 0 Å². The Kier molecular flexibility index (Phi) is 4.94. The van der Waals surface area contributed by atoms with Crippen molar-refractivity contribution in [3.63, 3.8) is 0 Å². The van der Waals surface area contributed by atoms with Crippen molar-refractivity contribution in [1.29, 1.82) is 0 Å². The van der Waals surface area contributed by atoms with E-state index in [4.69, 9.17) is 0 Å². The number of hydrogen-bond acceptors (Lipinski definition) is 3. The van der Waals surface area contributed by atoms with Crippen LogP contribution in [-0.2, 0) is 6.54 Å². The Morgan fingerprint density at radius 1 is 1.19 bits per heavy atom. The molecule has 0 amide bonds. The molecule has 0 bridgehead atoms. The molecule has 0 spiro atoms. The fourth-order valence-corrected chi connectivity index (χ4v) is 3.87. The zero-order chi connectivity index (χ0) is 14.7. The molecule has 1 aliphatic carbocycles. The third-order valence-electron chi connectivity index (χ3n) is 5.11. The zero-order valence-electron chi connectivity index (χ0n) is 13.0. The van der Waals surface area contributed by atoms with Crippen LogP contribution in [0.4, 0.5) is 0 Å². The first kappa shape index (κ1) is 15.0. The Balaban J connectivity index is 1.53. The van der Waals surface area contributed by atoms with Gasteiger partial charge in [0.15, 0.2) is 0 Å². The molecular formula is C18H28N2O. The Hall–Kier alpha value is -0.900. The summed E-state index contributed by atoms with van der Waals surface area (Å²) in [4.78, 5) is 2.56. The van der Waals surface area contributed by atoms with Gasteiger partial charge in [-0.3, -0.25) is 4.90 Å². The minimum atomic E-state index is -0.141. The van der Waals surface area contributed by atoms with Crippen molar-refractivity contribution in [2.24, 2.45) is 0 Å². The molecule has 1 aliphatic heterocycles. The molecule has 0 radical (unpaired) electrons. The Labute approximate surface area is 128 Å². The van der Waals surface area contributed by atoms with E-state index in [-0.39, 0.29) is 6.10 Å².